The van der Waals surface area contributed by atoms with Gasteiger partial charge in [0.15, 0.2) is 6.10 Å². The van der Waals surface area contributed by atoms with Crippen molar-refractivity contribution in [2.45, 2.75) is 191 Å². The van der Waals surface area contributed by atoms with Crippen LogP contribution < -0.4 is 5.73 Å². The van der Waals surface area contributed by atoms with Crippen LogP contribution in [-0.4, -0.2) is 110 Å². The quantitative estimate of drug-likeness (QED) is 0.0258. The van der Waals surface area contributed by atoms with Crippen LogP contribution in [0.2, 0.25) is 0 Å². The third-order valence-corrected chi connectivity index (χ3v) is 10.8. The Morgan fingerprint density at radius 3 is 1.46 bits per heavy atom. The van der Waals surface area contributed by atoms with Gasteiger partial charge in [0.1, 0.15) is 43.2 Å². The fourth-order valence-corrected chi connectivity index (χ4v) is 7.69. The molecular weight excluding hydrogens is 752 g/mol. The van der Waals surface area contributed by atoms with Crippen LogP contribution in [0.3, 0.4) is 0 Å². The second-order valence-electron chi connectivity index (χ2n) is 14.2. The Morgan fingerprint density at radius 2 is 1.00 bits per heavy atom. The van der Waals surface area contributed by atoms with E-state index >= 15 is 0 Å². The summed E-state index contributed by atoms with van der Waals surface area (Å²) in [4.78, 5) is 53.8. The molecule has 0 aromatic carbocycles. The van der Waals surface area contributed by atoms with Gasteiger partial charge in [0.2, 0.25) is 0 Å². The Bertz CT molecular complexity index is 1100. The van der Waals surface area contributed by atoms with E-state index < -0.39 is 83.5 Å². The van der Waals surface area contributed by atoms with Gasteiger partial charge >= 0.3 is 27.6 Å². The molecule has 0 aliphatic heterocycles. The van der Waals surface area contributed by atoms with E-state index in [0.29, 0.717) is 19.4 Å². The van der Waals surface area contributed by atoms with Crippen LogP contribution >= 0.6 is 15.6 Å². The van der Waals surface area contributed by atoms with Crippen LogP contribution in [0.25, 0.3) is 0 Å². The van der Waals surface area contributed by atoms with Crippen molar-refractivity contribution in [2.24, 2.45) is 5.73 Å². The van der Waals surface area contributed by atoms with E-state index in [0.717, 1.165) is 64.2 Å². The normalized spacial score (nSPS) is 23.5. The lowest BCUT2D eigenvalue weighted by Crippen LogP contribution is -2.64. The van der Waals surface area contributed by atoms with E-state index in [1.807, 2.05) is 0 Å². The average molecular weight is 822 g/mol. The molecule has 1 aliphatic carbocycles. The van der Waals surface area contributed by atoms with Crippen LogP contribution in [0.15, 0.2) is 0 Å². The van der Waals surface area contributed by atoms with Gasteiger partial charge in [0, 0.05) is 12.8 Å². The Hall–Kier alpha value is -1.04. The summed E-state index contributed by atoms with van der Waals surface area (Å²) in [6.45, 7) is 1.52. The summed E-state index contributed by atoms with van der Waals surface area (Å²) in [5.41, 5.74) is 5.50. The highest BCUT2D eigenvalue weighted by Gasteiger charge is 2.54. The first kappa shape index (κ1) is 51.0. The minimum Gasteiger partial charge on any atom is -0.462 e. The van der Waals surface area contributed by atoms with Gasteiger partial charge in [-0.25, -0.2) is 9.13 Å². The second-order valence-corrected chi connectivity index (χ2v) is 16.8. The molecule has 0 aromatic heterocycles. The van der Waals surface area contributed by atoms with Crippen molar-refractivity contribution in [1.29, 1.82) is 0 Å². The zero-order valence-corrected chi connectivity index (χ0v) is 33.8. The van der Waals surface area contributed by atoms with Crippen LogP contribution in [-0.2, 0) is 41.8 Å². The summed E-state index contributed by atoms with van der Waals surface area (Å²) in [6, 6.07) is 0. The molecule has 0 spiro atoms. The van der Waals surface area contributed by atoms with Crippen LogP contribution in [0.5, 0.6) is 0 Å². The Balaban J connectivity index is 2.67. The van der Waals surface area contributed by atoms with Gasteiger partial charge in [-0.1, -0.05) is 116 Å². The van der Waals surface area contributed by atoms with Gasteiger partial charge in [-0.15, -0.1) is 0 Å². The number of carbonyl (C=O) groups excluding carboxylic acids is 2. The molecule has 320 valence electrons. The molecule has 0 bridgehead atoms. The summed E-state index contributed by atoms with van der Waals surface area (Å²) >= 11 is 0. The third-order valence-electron chi connectivity index (χ3n) is 9.28. The van der Waals surface area contributed by atoms with Crippen molar-refractivity contribution >= 4 is 27.6 Å². The van der Waals surface area contributed by atoms with Gasteiger partial charge in [-0.2, -0.15) is 0 Å². The minimum absolute atomic E-state index is 0.0441. The molecule has 0 saturated heterocycles. The lowest BCUT2D eigenvalue weighted by atomic mass is 9.85. The number of esters is 2. The Labute approximate surface area is 320 Å². The summed E-state index contributed by atoms with van der Waals surface area (Å²) in [5.74, 6) is -1.23. The molecule has 0 amide bonds. The molecule has 0 radical (unpaired) electrons. The Kier molecular flexibility index (Phi) is 27.6. The molecule has 4 unspecified atom stereocenters. The summed E-state index contributed by atoms with van der Waals surface area (Å²) in [6.07, 6.45) is 6.43. The molecular formula is C35H69NO16P2. The van der Waals surface area contributed by atoms with Gasteiger partial charge in [0.25, 0.3) is 0 Å². The number of carbonyl (C=O) groups is 2. The van der Waals surface area contributed by atoms with E-state index in [4.69, 9.17) is 34.0 Å². The van der Waals surface area contributed by atoms with E-state index in [-0.39, 0.29) is 12.8 Å². The maximum Gasteiger partial charge on any atom is 0.472 e. The number of aliphatic hydroxyl groups excluding tert-OH is 4. The third kappa shape index (κ3) is 23.9. The van der Waals surface area contributed by atoms with E-state index in [9.17, 15) is 44.0 Å². The zero-order valence-electron chi connectivity index (χ0n) is 32.0. The SMILES string of the molecule is CCCCCCCCCCCCCCCC(=O)O[C@H](COC(=O)CCCCCCCCCN)COP(=O)(O)OC1C(O)[C@@H](O)C(O)[C@@H](OP(=O)(O)O)[C@H]1O. The van der Waals surface area contributed by atoms with Gasteiger partial charge in [-0.3, -0.25) is 23.2 Å². The van der Waals surface area contributed by atoms with Gasteiger partial charge in [-0.05, 0) is 25.8 Å². The van der Waals surface area contributed by atoms with E-state index in [1.165, 1.54) is 51.4 Å². The van der Waals surface area contributed by atoms with Crippen LogP contribution in [0.1, 0.15) is 148 Å². The van der Waals surface area contributed by atoms with Crippen molar-refractivity contribution in [1.82, 2.24) is 0 Å². The number of hydrogen-bond donors (Lipinski definition) is 8. The lowest BCUT2D eigenvalue weighted by Gasteiger charge is -2.43. The van der Waals surface area contributed by atoms with Gasteiger partial charge in [0.05, 0.1) is 6.61 Å². The van der Waals surface area contributed by atoms with Crippen molar-refractivity contribution in [3.63, 3.8) is 0 Å². The molecule has 0 heterocycles. The largest absolute Gasteiger partial charge is 0.472 e. The average Bonchev–Trinajstić information content (AvgIpc) is 3.11. The second kappa shape index (κ2) is 29.2. The smallest absolute Gasteiger partial charge is 0.462 e. The fraction of sp³-hybridized carbons (Fsp3) is 0.943. The van der Waals surface area contributed by atoms with Gasteiger partial charge < -0.3 is 50.3 Å². The van der Waals surface area contributed by atoms with Crippen LogP contribution in [0, 0.1) is 0 Å². The van der Waals surface area contributed by atoms with Crippen molar-refractivity contribution in [2.75, 3.05) is 19.8 Å². The predicted molar refractivity (Wildman–Crippen MR) is 199 cm³/mol. The molecule has 54 heavy (non-hydrogen) atoms. The number of nitrogens with two attached hydrogens (primary N) is 1. The fourth-order valence-electron chi connectivity index (χ4n) is 6.15. The number of phosphoric acid groups is 2. The number of aliphatic hydroxyl groups is 4. The highest BCUT2D eigenvalue weighted by Crippen LogP contribution is 2.49. The molecule has 1 aliphatic rings. The topological polar surface area (TPSA) is 282 Å². The number of hydrogen-bond acceptors (Lipinski definition) is 14. The number of ether oxygens (including phenoxy) is 2. The van der Waals surface area contributed by atoms with Crippen molar-refractivity contribution in [3.8, 4) is 0 Å². The van der Waals surface area contributed by atoms with Crippen LogP contribution in [0.4, 0.5) is 0 Å². The molecule has 9 N–H and O–H groups in total. The first-order chi connectivity index (χ1) is 25.6. The van der Waals surface area contributed by atoms with Crippen molar-refractivity contribution in [3.05, 3.63) is 0 Å². The maximum absolute atomic E-state index is 12.9. The minimum atomic E-state index is -5.35. The number of phosphoric ester groups is 2. The van der Waals surface area contributed by atoms with E-state index in [1.54, 1.807) is 0 Å². The first-order valence-corrected chi connectivity index (χ1v) is 22.8. The molecule has 1 rings (SSSR count). The maximum atomic E-state index is 12.9. The highest BCUT2D eigenvalue weighted by atomic mass is 31.2. The molecule has 1 fully saturated rings. The molecule has 19 heteroatoms. The van der Waals surface area contributed by atoms with Crippen molar-refractivity contribution < 1.29 is 76.9 Å². The number of unbranched alkanes of at least 4 members (excludes halogenated alkanes) is 18. The molecule has 8 atom stereocenters. The summed E-state index contributed by atoms with van der Waals surface area (Å²) in [7, 11) is -10.6. The van der Waals surface area contributed by atoms with E-state index in [2.05, 4.69) is 11.4 Å². The lowest BCUT2D eigenvalue weighted by molar-refractivity contribution is -0.216. The molecule has 1 saturated carbocycles. The number of rotatable bonds is 33. The highest BCUT2D eigenvalue weighted by molar-refractivity contribution is 7.47. The summed E-state index contributed by atoms with van der Waals surface area (Å²) < 4.78 is 49.0. The first-order valence-electron chi connectivity index (χ1n) is 19.8. The standard InChI is InChI=1S/C35H69NO16P2/c1-2-3-4-5-6-7-8-9-10-11-13-17-20-23-29(38)50-27(25-48-28(37)22-19-16-14-12-15-18-21-24-36)26-49-54(46,47)52-35-32(41)30(39)31(40)34(33(35)42)51-53(43,44)45/h27,30-35,39-42H,2-26,36H2,1H3,(H,46,47)(H2,43,44,45)/t27-,30+,31?,32?,33-,34-,35?/m1/s1. The monoisotopic (exact) mass is 821 g/mol. The zero-order chi connectivity index (χ0) is 40.4. The molecule has 17 nitrogen and oxygen atoms in total. The summed E-state index contributed by atoms with van der Waals surface area (Å²) in [5, 5.41) is 41.0. The molecule has 0 aromatic rings. The predicted octanol–water partition coefficient (Wildman–Crippen LogP) is 4.44. The Morgan fingerprint density at radius 1 is 0.574 bits per heavy atom.